The van der Waals surface area contributed by atoms with Gasteiger partial charge in [0, 0.05) is 6.42 Å². The number of hydrogen-bond donors (Lipinski definition) is 0. The summed E-state index contributed by atoms with van der Waals surface area (Å²) < 4.78 is 68.1. The average molecular weight is 475 g/mol. The zero-order valence-electron chi connectivity index (χ0n) is 17.6. The molecular formula is C24H23FO5S2. The third-order valence-corrected chi connectivity index (χ3v) is 10.4. The van der Waals surface area contributed by atoms with Crippen LogP contribution >= 0.6 is 0 Å². The predicted molar refractivity (Wildman–Crippen MR) is 120 cm³/mol. The highest BCUT2D eigenvalue weighted by Gasteiger charge is 2.62. The molecule has 3 aromatic carbocycles. The van der Waals surface area contributed by atoms with Crippen LogP contribution in [0, 0.1) is 6.92 Å². The lowest BCUT2D eigenvalue weighted by atomic mass is 9.94. The Labute approximate surface area is 187 Å². The van der Waals surface area contributed by atoms with E-state index in [9.17, 15) is 21.6 Å². The summed E-state index contributed by atoms with van der Waals surface area (Å²) in [6.07, 6.45) is -0.613. The largest absolute Gasteiger partial charge is 0.324 e. The van der Waals surface area contributed by atoms with Gasteiger partial charge in [0.05, 0.1) is 15.7 Å². The summed E-state index contributed by atoms with van der Waals surface area (Å²) in [5.41, 5.74) is 0.920. The van der Waals surface area contributed by atoms with Crippen molar-refractivity contribution in [2.45, 2.75) is 40.3 Å². The molecule has 0 aliphatic carbocycles. The topological polar surface area (TPSA) is 85.3 Å². The fraction of sp³-hybridized carbons (Fsp3) is 0.208. The van der Waals surface area contributed by atoms with Crippen molar-refractivity contribution in [3.63, 3.8) is 0 Å². The third kappa shape index (κ3) is 4.12. The number of aryl methyl sites for hydroxylation is 1. The average Bonchev–Trinajstić information content (AvgIpc) is 2.78. The van der Waals surface area contributed by atoms with Crippen LogP contribution in [0.15, 0.2) is 94.7 Å². The van der Waals surface area contributed by atoms with Gasteiger partial charge < -0.3 is 4.79 Å². The summed E-state index contributed by atoms with van der Waals surface area (Å²) in [7, 11) is -10.2. The van der Waals surface area contributed by atoms with Crippen molar-refractivity contribution in [2.75, 3.05) is 0 Å². The molecule has 8 heteroatoms. The fourth-order valence-electron chi connectivity index (χ4n) is 3.56. The summed E-state index contributed by atoms with van der Waals surface area (Å²) >= 11 is 0. The molecule has 0 bridgehead atoms. The van der Waals surface area contributed by atoms with Crippen LogP contribution in [0.3, 0.4) is 0 Å². The number of sulfone groups is 2. The number of hydrogen-bond acceptors (Lipinski definition) is 5. The first-order valence-electron chi connectivity index (χ1n) is 9.86. The number of benzene rings is 3. The number of halogens is 1. The van der Waals surface area contributed by atoms with E-state index in [1.807, 2.05) is 0 Å². The van der Waals surface area contributed by atoms with E-state index in [-0.39, 0.29) is 5.56 Å². The second kappa shape index (κ2) is 8.96. The zero-order valence-corrected chi connectivity index (χ0v) is 19.2. The van der Waals surface area contributed by atoms with Crippen molar-refractivity contribution in [1.82, 2.24) is 0 Å². The molecule has 0 N–H and O–H groups in total. The van der Waals surface area contributed by atoms with Gasteiger partial charge in [0.15, 0.2) is 0 Å². The smallest absolute Gasteiger partial charge is 0.300 e. The first-order chi connectivity index (χ1) is 15.0. The number of carbonyl (C=O) groups is 1. The van der Waals surface area contributed by atoms with Crippen LogP contribution in [0.1, 0.15) is 30.4 Å². The van der Waals surface area contributed by atoms with Crippen LogP contribution < -0.4 is 0 Å². The lowest BCUT2D eigenvalue weighted by molar-refractivity contribution is -0.117. The Morgan fingerprint density at radius 1 is 0.781 bits per heavy atom. The summed E-state index contributed by atoms with van der Waals surface area (Å²) in [4.78, 5) is 11.1. The van der Waals surface area contributed by atoms with Crippen molar-refractivity contribution in [3.8, 4) is 0 Å². The van der Waals surface area contributed by atoms with Crippen LogP contribution in [-0.4, -0.2) is 27.0 Å². The molecule has 0 amide bonds. The number of carbonyl (C=O) groups excluding carboxylic acids is 1. The summed E-state index contributed by atoms with van der Waals surface area (Å²) in [6, 6.07) is 19.3. The van der Waals surface area contributed by atoms with E-state index < -0.39 is 51.9 Å². The van der Waals surface area contributed by atoms with Crippen LogP contribution in [0.25, 0.3) is 0 Å². The maximum Gasteiger partial charge on any atom is 0.324 e. The van der Waals surface area contributed by atoms with Crippen molar-refractivity contribution in [3.05, 3.63) is 96.1 Å². The molecule has 3 aromatic rings. The highest BCUT2D eigenvalue weighted by molar-refractivity contribution is 8.10. The van der Waals surface area contributed by atoms with E-state index in [2.05, 4.69) is 0 Å². The molecule has 5 nitrogen and oxygen atoms in total. The Kier molecular flexibility index (Phi) is 6.67. The van der Waals surface area contributed by atoms with Gasteiger partial charge >= 0.3 is 4.33 Å². The lowest BCUT2D eigenvalue weighted by Crippen LogP contribution is -2.48. The van der Waals surface area contributed by atoms with Gasteiger partial charge in [-0.3, -0.25) is 0 Å². The number of ketones is 1. The van der Waals surface area contributed by atoms with E-state index in [0.717, 1.165) is 29.8 Å². The van der Waals surface area contributed by atoms with Crippen LogP contribution in [-0.2, 0) is 24.5 Å². The van der Waals surface area contributed by atoms with E-state index in [1.165, 1.54) is 55.5 Å². The summed E-state index contributed by atoms with van der Waals surface area (Å²) in [6.45, 7) is 2.96. The molecule has 1 atom stereocenters. The molecule has 0 aromatic heterocycles. The van der Waals surface area contributed by atoms with Crippen molar-refractivity contribution in [2.24, 2.45) is 0 Å². The van der Waals surface area contributed by atoms with Gasteiger partial charge in [0.1, 0.15) is 5.78 Å². The standard InChI is InChI=1S/C24H23FO5S2/c1-18-13-15-20(16-14-18)23(17-19(2)26)24(25,31(27,28)21-9-5-3-6-10-21)32(29,30)22-11-7-4-8-12-22/h3-16,23H,17H2,1-2H3/t23-/m1/s1. The molecule has 32 heavy (non-hydrogen) atoms. The van der Waals surface area contributed by atoms with E-state index >= 15 is 4.39 Å². The highest BCUT2D eigenvalue weighted by Crippen LogP contribution is 2.48. The number of rotatable bonds is 8. The predicted octanol–water partition coefficient (Wildman–Crippen LogP) is 4.63. The third-order valence-electron chi connectivity index (χ3n) is 5.23. The second-order valence-corrected chi connectivity index (χ2v) is 12.0. The maximum atomic E-state index is 17.2. The Hall–Kier alpha value is -2.84. The molecule has 0 unspecified atom stereocenters. The minimum absolute atomic E-state index is 0.104. The Balaban J connectivity index is 2.40. The molecule has 0 saturated carbocycles. The lowest BCUT2D eigenvalue weighted by Gasteiger charge is -2.33. The van der Waals surface area contributed by atoms with Crippen LogP contribution in [0.4, 0.5) is 4.39 Å². The Morgan fingerprint density at radius 2 is 1.19 bits per heavy atom. The van der Waals surface area contributed by atoms with Gasteiger partial charge in [-0.05, 0) is 43.7 Å². The molecule has 0 fully saturated rings. The molecule has 3 rings (SSSR count). The number of alkyl halides is 1. The molecule has 0 aliphatic rings. The first kappa shape index (κ1) is 23.8. The first-order valence-corrected chi connectivity index (χ1v) is 12.8. The van der Waals surface area contributed by atoms with E-state index in [4.69, 9.17) is 0 Å². The molecule has 0 radical (unpaired) electrons. The summed E-state index contributed by atoms with van der Waals surface area (Å²) in [5, 5.41) is 0. The van der Waals surface area contributed by atoms with Crippen LogP contribution in [0.2, 0.25) is 0 Å². The van der Waals surface area contributed by atoms with Gasteiger partial charge in [-0.15, -0.1) is 0 Å². The van der Waals surface area contributed by atoms with Gasteiger partial charge in [0.2, 0.25) is 19.7 Å². The minimum atomic E-state index is -5.12. The quantitative estimate of drug-likeness (QED) is 0.475. The van der Waals surface area contributed by atoms with Gasteiger partial charge in [-0.25, -0.2) is 21.2 Å². The van der Waals surface area contributed by atoms with Crippen LogP contribution in [0.5, 0.6) is 0 Å². The monoisotopic (exact) mass is 474 g/mol. The van der Waals surface area contributed by atoms with Gasteiger partial charge in [0.25, 0.3) is 0 Å². The molecular weight excluding hydrogens is 451 g/mol. The fourth-order valence-corrected chi connectivity index (χ4v) is 8.16. The molecule has 0 spiro atoms. The minimum Gasteiger partial charge on any atom is -0.300 e. The van der Waals surface area contributed by atoms with Crippen molar-refractivity contribution >= 4 is 25.5 Å². The second-order valence-electron chi connectivity index (χ2n) is 7.58. The van der Waals surface area contributed by atoms with Gasteiger partial charge in [-0.1, -0.05) is 66.2 Å². The zero-order chi connectivity index (χ0) is 23.6. The molecule has 0 heterocycles. The SMILES string of the molecule is CC(=O)C[C@H](c1ccc(C)cc1)C(F)(S(=O)(=O)c1ccccc1)S(=O)(=O)c1ccccc1. The molecule has 168 valence electrons. The molecule has 0 aliphatic heterocycles. The van der Waals surface area contributed by atoms with Gasteiger partial charge in [-0.2, -0.15) is 0 Å². The van der Waals surface area contributed by atoms with Crippen molar-refractivity contribution < 1.29 is 26.0 Å². The Morgan fingerprint density at radius 3 is 1.56 bits per heavy atom. The number of Topliss-reactive ketones (excluding diaryl/α,β-unsaturated/α-hetero) is 1. The van der Waals surface area contributed by atoms with E-state index in [0.29, 0.717) is 0 Å². The maximum absolute atomic E-state index is 17.2. The van der Waals surface area contributed by atoms with Crippen molar-refractivity contribution in [1.29, 1.82) is 0 Å². The highest BCUT2D eigenvalue weighted by atomic mass is 32.3. The van der Waals surface area contributed by atoms with E-state index in [1.54, 1.807) is 19.1 Å². The Bertz CT molecular complexity index is 1230. The molecule has 0 saturated heterocycles. The normalized spacial score (nSPS) is 13.5. The summed E-state index contributed by atoms with van der Waals surface area (Å²) in [5.74, 6) is -2.32.